The van der Waals surface area contributed by atoms with E-state index < -0.39 is 0 Å². The van der Waals surface area contributed by atoms with Crippen molar-refractivity contribution in [1.29, 1.82) is 0 Å². The largest absolute Gasteiger partial charge is 0.275 e. The number of aryl methyl sites for hydroxylation is 3. The lowest BCUT2D eigenvalue weighted by Crippen LogP contribution is -1.93. The number of nitrogens with zero attached hydrogens (tertiary/aromatic N) is 8. The normalized spacial score (nSPS) is 11.6. The summed E-state index contributed by atoms with van der Waals surface area (Å²) in [5.74, 6) is 0.699. The fourth-order valence-electron chi connectivity index (χ4n) is 2.52. The Morgan fingerprint density at radius 3 is 2.55 bits per heavy atom. The molecule has 8 nitrogen and oxygen atoms in total. The van der Waals surface area contributed by atoms with Gasteiger partial charge in [0.1, 0.15) is 0 Å². The summed E-state index contributed by atoms with van der Waals surface area (Å²) in [6.07, 6.45) is 3.66. The van der Waals surface area contributed by atoms with E-state index in [4.69, 9.17) is 0 Å². The van der Waals surface area contributed by atoms with Crippen molar-refractivity contribution in [2.75, 3.05) is 0 Å². The zero-order valence-corrected chi connectivity index (χ0v) is 13.5. The van der Waals surface area contributed by atoms with E-state index in [1.165, 1.54) is 11.3 Å². The number of fused-ring (bicyclic) bond motifs is 1. The van der Waals surface area contributed by atoms with Gasteiger partial charge >= 0.3 is 0 Å². The molecule has 0 fully saturated rings. The molecule has 4 aromatic rings. The first-order valence-corrected chi connectivity index (χ1v) is 7.58. The Hall–Kier alpha value is -2.55. The zero-order chi connectivity index (χ0) is 15.4. The first-order valence-electron chi connectivity index (χ1n) is 6.76. The van der Waals surface area contributed by atoms with Crippen LogP contribution in [0, 0.1) is 13.8 Å². The van der Waals surface area contributed by atoms with E-state index in [1.54, 1.807) is 15.4 Å². The minimum absolute atomic E-state index is 0.699. The van der Waals surface area contributed by atoms with Crippen molar-refractivity contribution < 1.29 is 0 Å². The second-order valence-corrected chi connectivity index (χ2v) is 6.15. The molecule has 0 bridgehead atoms. The molecule has 0 N–H and O–H groups in total. The van der Waals surface area contributed by atoms with E-state index in [2.05, 4.69) is 25.5 Å². The minimum Gasteiger partial charge on any atom is -0.275 e. The molecule has 0 spiro atoms. The number of hydrogen-bond donors (Lipinski definition) is 0. The zero-order valence-electron chi connectivity index (χ0n) is 12.6. The summed E-state index contributed by atoms with van der Waals surface area (Å²) in [5.41, 5.74) is 4.01. The third-order valence-electron chi connectivity index (χ3n) is 3.68. The quantitative estimate of drug-likeness (QED) is 0.561. The molecule has 0 atom stereocenters. The second-order valence-electron chi connectivity index (χ2n) is 5.20. The van der Waals surface area contributed by atoms with Gasteiger partial charge in [-0.2, -0.15) is 19.8 Å². The van der Waals surface area contributed by atoms with Crippen molar-refractivity contribution >= 4 is 16.3 Å². The van der Waals surface area contributed by atoms with Crippen LogP contribution in [-0.2, 0) is 14.1 Å². The summed E-state index contributed by atoms with van der Waals surface area (Å²) in [6, 6.07) is 0. The summed E-state index contributed by atoms with van der Waals surface area (Å²) in [5, 5.41) is 22.6. The standard InChI is InChI=1S/C13H14N8S/c1-7-10(8(2)20(4)17-7)12-18-21-11(15-16-13(21)22-12)9-5-14-19(3)6-9/h5-6H,1-4H3. The van der Waals surface area contributed by atoms with Gasteiger partial charge in [0, 0.05) is 26.0 Å². The molecule has 4 aromatic heterocycles. The third kappa shape index (κ3) is 1.78. The van der Waals surface area contributed by atoms with Gasteiger partial charge in [-0.25, -0.2) is 0 Å². The Morgan fingerprint density at radius 1 is 1.09 bits per heavy atom. The van der Waals surface area contributed by atoms with Crippen LogP contribution in [0.4, 0.5) is 0 Å². The molecule has 0 aromatic carbocycles. The summed E-state index contributed by atoms with van der Waals surface area (Å²) in [7, 11) is 3.81. The fourth-order valence-corrected chi connectivity index (χ4v) is 3.51. The molecular weight excluding hydrogens is 300 g/mol. The SMILES string of the molecule is Cc1nn(C)c(C)c1-c1nn2c(-c3cnn(C)c3)nnc2s1. The Bertz CT molecular complexity index is 985. The summed E-state index contributed by atoms with van der Waals surface area (Å²) < 4.78 is 5.37. The van der Waals surface area contributed by atoms with Crippen molar-refractivity contribution in [2.45, 2.75) is 13.8 Å². The summed E-state index contributed by atoms with van der Waals surface area (Å²) in [6.45, 7) is 4.03. The lowest BCUT2D eigenvalue weighted by atomic mass is 10.2. The Balaban J connectivity index is 1.90. The highest BCUT2D eigenvalue weighted by Gasteiger charge is 2.19. The molecule has 22 heavy (non-hydrogen) atoms. The third-order valence-corrected chi connectivity index (χ3v) is 4.59. The summed E-state index contributed by atoms with van der Waals surface area (Å²) >= 11 is 1.51. The lowest BCUT2D eigenvalue weighted by Gasteiger charge is -1.96. The Morgan fingerprint density at radius 2 is 1.91 bits per heavy atom. The van der Waals surface area contributed by atoms with Crippen molar-refractivity contribution in [3.05, 3.63) is 23.8 Å². The van der Waals surface area contributed by atoms with Gasteiger partial charge in [-0.15, -0.1) is 10.2 Å². The van der Waals surface area contributed by atoms with E-state index in [9.17, 15) is 0 Å². The van der Waals surface area contributed by atoms with Gasteiger partial charge in [0.15, 0.2) is 10.8 Å². The van der Waals surface area contributed by atoms with Crippen LogP contribution in [-0.4, -0.2) is 39.4 Å². The van der Waals surface area contributed by atoms with Gasteiger partial charge in [-0.05, 0) is 13.8 Å². The molecule has 9 heteroatoms. The van der Waals surface area contributed by atoms with Gasteiger partial charge < -0.3 is 0 Å². The van der Waals surface area contributed by atoms with Gasteiger partial charge in [0.2, 0.25) is 4.96 Å². The molecule has 112 valence electrons. The smallest absolute Gasteiger partial charge is 0.235 e. The van der Waals surface area contributed by atoms with Gasteiger partial charge in [0.05, 0.1) is 23.0 Å². The molecule has 0 aliphatic heterocycles. The summed E-state index contributed by atoms with van der Waals surface area (Å²) in [4.78, 5) is 0.761. The van der Waals surface area contributed by atoms with Crippen LogP contribution in [0.25, 0.3) is 26.9 Å². The molecule has 4 rings (SSSR count). The van der Waals surface area contributed by atoms with Crippen molar-refractivity contribution in [3.8, 4) is 22.0 Å². The van der Waals surface area contributed by atoms with Crippen molar-refractivity contribution in [1.82, 2.24) is 39.4 Å². The highest BCUT2D eigenvalue weighted by molar-refractivity contribution is 7.19. The average molecular weight is 314 g/mol. The highest BCUT2D eigenvalue weighted by Crippen LogP contribution is 2.31. The van der Waals surface area contributed by atoms with Crippen LogP contribution in [0.5, 0.6) is 0 Å². The van der Waals surface area contributed by atoms with Gasteiger partial charge in [0.25, 0.3) is 0 Å². The number of aromatic nitrogens is 8. The number of hydrogen-bond acceptors (Lipinski definition) is 6. The predicted octanol–water partition coefficient (Wildman–Crippen LogP) is 1.60. The van der Waals surface area contributed by atoms with E-state index in [0.717, 1.165) is 32.5 Å². The van der Waals surface area contributed by atoms with Crippen LogP contribution in [0.2, 0.25) is 0 Å². The van der Waals surface area contributed by atoms with Crippen LogP contribution in [0.3, 0.4) is 0 Å². The van der Waals surface area contributed by atoms with Crippen molar-refractivity contribution in [3.63, 3.8) is 0 Å². The maximum Gasteiger partial charge on any atom is 0.235 e. The van der Waals surface area contributed by atoms with E-state index in [1.807, 2.05) is 38.8 Å². The molecule has 0 aliphatic rings. The average Bonchev–Trinajstić information content (AvgIpc) is 3.17. The highest BCUT2D eigenvalue weighted by atomic mass is 32.1. The monoisotopic (exact) mass is 314 g/mol. The minimum atomic E-state index is 0.699. The first-order chi connectivity index (χ1) is 10.5. The van der Waals surface area contributed by atoms with Gasteiger partial charge in [-0.3, -0.25) is 9.36 Å². The van der Waals surface area contributed by atoms with E-state index in [-0.39, 0.29) is 0 Å². The maximum atomic E-state index is 4.68. The fraction of sp³-hybridized carbons (Fsp3) is 0.308. The van der Waals surface area contributed by atoms with E-state index >= 15 is 0 Å². The topological polar surface area (TPSA) is 78.7 Å². The second kappa shape index (κ2) is 4.47. The molecule has 4 heterocycles. The van der Waals surface area contributed by atoms with Gasteiger partial charge in [-0.1, -0.05) is 11.3 Å². The van der Waals surface area contributed by atoms with Crippen LogP contribution in [0.1, 0.15) is 11.4 Å². The molecule has 0 saturated heterocycles. The predicted molar refractivity (Wildman–Crippen MR) is 82.5 cm³/mol. The Kier molecular flexibility index (Phi) is 2.67. The van der Waals surface area contributed by atoms with Crippen LogP contribution >= 0.6 is 11.3 Å². The lowest BCUT2D eigenvalue weighted by molar-refractivity contribution is 0.731. The molecule has 0 unspecified atom stereocenters. The van der Waals surface area contributed by atoms with Crippen molar-refractivity contribution in [2.24, 2.45) is 14.1 Å². The molecule has 0 saturated carbocycles. The maximum absolute atomic E-state index is 4.68. The molecule has 0 aliphatic carbocycles. The molecular formula is C13H14N8S. The first kappa shape index (κ1) is 13.1. The molecule has 0 amide bonds. The molecule has 0 radical (unpaired) electrons. The van der Waals surface area contributed by atoms with E-state index in [0.29, 0.717) is 5.82 Å². The number of rotatable bonds is 2. The van der Waals surface area contributed by atoms with Crippen LogP contribution < -0.4 is 0 Å². The Labute approximate surface area is 130 Å². The van der Waals surface area contributed by atoms with Crippen LogP contribution in [0.15, 0.2) is 12.4 Å².